The standard InChI is InChI=1S/C84H92Ge/c1-53(2)37-41-83(42-38-54(3)4)75-49-65(33-35-71(75)81-69-31-23-21-29-67(69)73(51-77(81)83)79-59(11)45-57(9)46-60(79)12)85(63-25-17-15-18-26-63,64-27-19-16-20-28-64)66-34-36-72-76(50-66)84(43-39-55(5)6,44-40-56(7)8)78-52-74(68-30-22-24-32-70(68)82(72)78)80-61(13)47-58(10)48-62(80)14/h15-36,45-56H,37-44H2,1-14H3. The fourth-order valence-corrected chi connectivity index (χ4v) is 26.6. The Morgan fingerprint density at radius 3 is 0.906 bits per heavy atom. The SMILES string of the molecule is Cc1cc(C)c(-c2cc3c(c4ccccc24)-c2cc[c]([Ge]([c]4ccccc4)([c]4ccccc4)[c]4ccc5c(c4)C(CCC(C)C)(CCC(C)C)c4cc(-c6c(C)cc(C)cc6C)c6ccccc6c4-5)cc2C3(CCC(C)C)CCC(C)C)c(C)c1. The molecule has 432 valence electrons. The van der Waals surface area contributed by atoms with Gasteiger partial charge in [0.1, 0.15) is 0 Å². The van der Waals surface area contributed by atoms with Crippen LogP contribution in [0.3, 0.4) is 0 Å². The average Bonchev–Trinajstić information content (AvgIpc) is 1.60. The molecule has 1 heteroatoms. The van der Waals surface area contributed by atoms with Crippen molar-refractivity contribution in [3.05, 3.63) is 238 Å². The molecule has 0 aromatic heterocycles. The van der Waals surface area contributed by atoms with Crippen LogP contribution in [-0.4, -0.2) is 13.3 Å². The van der Waals surface area contributed by atoms with E-state index in [0.717, 1.165) is 51.4 Å². The Kier molecular flexibility index (Phi) is 16.0. The van der Waals surface area contributed by atoms with E-state index in [2.05, 4.69) is 279 Å². The predicted molar refractivity (Wildman–Crippen MR) is 373 cm³/mol. The molecule has 0 aliphatic heterocycles. The van der Waals surface area contributed by atoms with Crippen molar-refractivity contribution >= 4 is 52.4 Å². The van der Waals surface area contributed by atoms with Gasteiger partial charge in [0.25, 0.3) is 0 Å². The summed E-state index contributed by atoms with van der Waals surface area (Å²) >= 11 is -4.05. The molecule has 85 heavy (non-hydrogen) atoms. The fourth-order valence-electron chi connectivity index (χ4n) is 16.6. The van der Waals surface area contributed by atoms with Gasteiger partial charge in [-0.05, 0) is 0 Å². The molecular weight excluding hydrogens is 1080 g/mol. The molecule has 0 spiro atoms. The zero-order chi connectivity index (χ0) is 59.7. The van der Waals surface area contributed by atoms with Gasteiger partial charge in [-0.3, -0.25) is 0 Å². The summed E-state index contributed by atoms with van der Waals surface area (Å²) in [6, 6.07) is 74.1. The van der Waals surface area contributed by atoms with Gasteiger partial charge in [-0.25, -0.2) is 0 Å². The van der Waals surface area contributed by atoms with Crippen molar-refractivity contribution in [3.63, 3.8) is 0 Å². The third-order valence-electron chi connectivity index (χ3n) is 20.5. The van der Waals surface area contributed by atoms with Crippen LogP contribution in [-0.2, 0) is 10.8 Å². The Morgan fingerprint density at radius 1 is 0.282 bits per heavy atom. The number of benzene rings is 10. The first-order valence-electron chi connectivity index (χ1n) is 32.6. The van der Waals surface area contributed by atoms with Crippen LogP contribution in [0, 0.1) is 65.2 Å². The van der Waals surface area contributed by atoms with E-state index < -0.39 is 13.3 Å². The summed E-state index contributed by atoms with van der Waals surface area (Å²) in [6.45, 7) is 33.4. The van der Waals surface area contributed by atoms with Gasteiger partial charge < -0.3 is 0 Å². The third kappa shape index (κ3) is 9.99. The molecule has 0 nitrogen and oxygen atoms in total. The van der Waals surface area contributed by atoms with Crippen LogP contribution in [0.2, 0.25) is 0 Å². The summed E-state index contributed by atoms with van der Waals surface area (Å²) in [5.41, 5.74) is 25.3. The van der Waals surface area contributed by atoms with E-state index in [1.165, 1.54) is 117 Å². The van der Waals surface area contributed by atoms with Crippen molar-refractivity contribution in [3.8, 4) is 44.5 Å². The zero-order valence-electron chi connectivity index (χ0n) is 53.8. The van der Waals surface area contributed by atoms with Crippen molar-refractivity contribution < 1.29 is 0 Å². The molecule has 0 saturated carbocycles. The molecule has 10 aromatic rings. The van der Waals surface area contributed by atoms with Gasteiger partial charge in [0, 0.05) is 0 Å². The van der Waals surface area contributed by atoms with Crippen LogP contribution in [0.25, 0.3) is 66.1 Å². The van der Waals surface area contributed by atoms with E-state index in [1.54, 1.807) is 22.3 Å². The molecular formula is C84H92Ge. The van der Waals surface area contributed by atoms with E-state index in [9.17, 15) is 0 Å². The first-order valence-corrected chi connectivity index (χ1v) is 36.8. The topological polar surface area (TPSA) is 0 Å². The second-order valence-corrected chi connectivity index (χ2v) is 36.2. The minimum absolute atomic E-state index is 0.183. The van der Waals surface area contributed by atoms with E-state index >= 15 is 0 Å². The molecule has 0 fully saturated rings. The molecule has 0 N–H and O–H groups in total. The Balaban J connectivity index is 1.18. The van der Waals surface area contributed by atoms with Crippen molar-refractivity contribution in [2.45, 2.75) is 159 Å². The van der Waals surface area contributed by atoms with Gasteiger partial charge >= 0.3 is 517 Å². The molecule has 0 bridgehead atoms. The molecule has 0 amide bonds. The molecule has 2 aliphatic rings. The summed E-state index contributed by atoms with van der Waals surface area (Å²) < 4.78 is 6.03. The zero-order valence-corrected chi connectivity index (χ0v) is 55.9. The molecule has 12 rings (SSSR count). The molecule has 0 radical (unpaired) electrons. The van der Waals surface area contributed by atoms with Crippen molar-refractivity contribution in [1.29, 1.82) is 0 Å². The molecule has 0 saturated heterocycles. The fraction of sp³-hybridized carbons (Fsp3) is 0.333. The van der Waals surface area contributed by atoms with Gasteiger partial charge in [-0.2, -0.15) is 0 Å². The Bertz CT molecular complexity index is 3810. The summed E-state index contributed by atoms with van der Waals surface area (Å²) in [5.74, 6) is 2.27. The third-order valence-corrected chi connectivity index (χ3v) is 30.5. The predicted octanol–water partition coefficient (Wildman–Crippen LogP) is 20.8. The van der Waals surface area contributed by atoms with Gasteiger partial charge in [0.05, 0.1) is 0 Å². The summed E-state index contributed by atoms with van der Waals surface area (Å²) in [7, 11) is 0. The number of fused-ring (bicyclic) bond motifs is 10. The maximum absolute atomic E-state index is 4.05. The van der Waals surface area contributed by atoms with Crippen LogP contribution >= 0.6 is 0 Å². The van der Waals surface area contributed by atoms with Gasteiger partial charge in [-0.15, -0.1) is 0 Å². The molecule has 0 heterocycles. The maximum atomic E-state index is 2.85. The van der Waals surface area contributed by atoms with Crippen molar-refractivity contribution in [2.24, 2.45) is 23.7 Å². The quantitative estimate of drug-likeness (QED) is 0.0751. The minimum atomic E-state index is -4.05. The monoisotopic (exact) mass is 1170 g/mol. The van der Waals surface area contributed by atoms with Crippen LogP contribution < -0.4 is 17.6 Å². The Labute approximate surface area is 514 Å². The normalized spacial score (nSPS) is 14.0. The van der Waals surface area contributed by atoms with E-state index in [0.29, 0.717) is 23.7 Å². The summed E-state index contributed by atoms with van der Waals surface area (Å²) in [4.78, 5) is 0. The summed E-state index contributed by atoms with van der Waals surface area (Å²) in [6.07, 6.45) is 9.11. The molecule has 0 atom stereocenters. The Morgan fingerprint density at radius 2 is 0.588 bits per heavy atom. The van der Waals surface area contributed by atoms with Crippen LogP contribution in [0.1, 0.15) is 162 Å². The Hall–Kier alpha value is -6.74. The van der Waals surface area contributed by atoms with Crippen LogP contribution in [0.15, 0.2) is 182 Å². The van der Waals surface area contributed by atoms with Crippen molar-refractivity contribution in [1.82, 2.24) is 0 Å². The van der Waals surface area contributed by atoms with Gasteiger partial charge in [0.2, 0.25) is 0 Å². The number of aryl methyl sites for hydroxylation is 6. The van der Waals surface area contributed by atoms with Gasteiger partial charge in [-0.1, -0.05) is 0 Å². The summed E-state index contributed by atoms with van der Waals surface area (Å²) in [5, 5.41) is 5.49. The van der Waals surface area contributed by atoms with Gasteiger partial charge in [0.15, 0.2) is 0 Å². The van der Waals surface area contributed by atoms with Crippen molar-refractivity contribution in [2.75, 3.05) is 0 Å². The first-order chi connectivity index (χ1) is 40.9. The number of rotatable bonds is 18. The van der Waals surface area contributed by atoms with E-state index in [1.807, 2.05) is 0 Å². The van der Waals surface area contributed by atoms with E-state index in [-0.39, 0.29) is 10.8 Å². The van der Waals surface area contributed by atoms with E-state index in [4.69, 9.17) is 0 Å². The first kappa shape index (κ1) is 58.6. The average molecular weight is 1170 g/mol. The van der Waals surface area contributed by atoms with Crippen LogP contribution in [0.4, 0.5) is 0 Å². The second-order valence-electron chi connectivity index (χ2n) is 28.2. The number of hydrogen-bond acceptors (Lipinski definition) is 0. The molecule has 10 aromatic carbocycles. The second kappa shape index (κ2) is 23.2. The molecule has 2 aliphatic carbocycles. The number of hydrogen-bond donors (Lipinski definition) is 0. The van der Waals surface area contributed by atoms with Crippen LogP contribution in [0.5, 0.6) is 0 Å². The molecule has 0 unspecified atom stereocenters.